The van der Waals surface area contributed by atoms with Crippen LogP contribution in [-0.4, -0.2) is 23.0 Å². The van der Waals surface area contributed by atoms with Gasteiger partial charge in [0.25, 0.3) is 5.91 Å². The van der Waals surface area contributed by atoms with Crippen molar-refractivity contribution in [3.63, 3.8) is 0 Å². The van der Waals surface area contributed by atoms with Crippen molar-refractivity contribution in [1.82, 2.24) is 5.32 Å². The van der Waals surface area contributed by atoms with Crippen LogP contribution in [0.2, 0.25) is 0 Å². The van der Waals surface area contributed by atoms with Crippen molar-refractivity contribution in [3.05, 3.63) is 70.8 Å². The van der Waals surface area contributed by atoms with Crippen molar-refractivity contribution < 1.29 is 41.0 Å². The lowest BCUT2D eigenvalue weighted by atomic mass is 10.0. The standard InChI is InChI=1S/C18H13F6NO3/c19-17(20,21)11-5-3-4-10(8-11)9-14(16(27)28)25-15(26)12-6-1-2-7-13(12)18(22,23)24/h1-8,14H,9H2,(H,25,26)(H,27,28)/t14-/m0/s1. The van der Waals surface area contributed by atoms with Gasteiger partial charge in [-0.15, -0.1) is 0 Å². The lowest BCUT2D eigenvalue weighted by Crippen LogP contribution is -2.42. The Kier molecular flexibility index (Phi) is 6.01. The molecule has 2 rings (SSSR count). The SMILES string of the molecule is O=C(N[C@@H](Cc1cccc(C(F)(F)F)c1)C(=O)O)c1ccccc1C(F)(F)F. The Morgan fingerprint density at radius 3 is 2.14 bits per heavy atom. The molecule has 1 amide bonds. The highest BCUT2D eigenvalue weighted by atomic mass is 19.4. The van der Waals surface area contributed by atoms with Crippen LogP contribution in [0.25, 0.3) is 0 Å². The molecule has 2 aromatic carbocycles. The summed E-state index contributed by atoms with van der Waals surface area (Å²) in [7, 11) is 0. The maximum absolute atomic E-state index is 13.0. The summed E-state index contributed by atoms with van der Waals surface area (Å²) in [6.45, 7) is 0. The van der Waals surface area contributed by atoms with Crippen molar-refractivity contribution >= 4 is 11.9 Å². The van der Waals surface area contributed by atoms with Crippen molar-refractivity contribution in [2.75, 3.05) is 0 Å². The second kappa shape index (κ2) is 7.91. The van der Waals surface area contributed by atoms with Crippen LogP contribution in [0.4, 0.5) is 26.3 Å². The van der Waals surface area contributed by atoms with E-state index in [-0.39, 0.29) is 5.56 Å². The third kappa shape index (κ3) is 5.24. The summed E-state index contributed by atoms with van der Waals surface area (Å²) >= 11 is 0. The molecule has 10 heteroatoms. The molecule has 1 atom stereocenters. The summed E-state index contributed by atoms with van der Waals surface area (Å²) in [4.78, 5) is 23.6. The molecular formula is C18H13F6NO3. The van der Waals surface area contributed by atoms with Gasteiger partial charge in [0.05, 0.1) is 16.7 Å². The first-order valence-corrected chi connectivity index (χ1v) is 7.75. The summed E-state index contributed by atoms with van der Waals surface area (Å²) in [6, 6.07) is 5.85. The van der Waals surface area contributed by atoms with Crippen LogP contribution < -0.4 is 5.32 Å². The lowest BCUT2D eigenvalue weighted by molar-refractivity contribution is -0.139. The summed E-state index contributed by atoms with van der Waals surface area (Å²) in [5, 5.41) is 11.2. The molecule has 0 aromatic heterocycles. The fourth-order valence-corrected chi connectivity index (χ4v) is 2.47. The number of rotatable bonds is 5. The van der Waals surface area contributed by atoms with Crippen LogP contribution in [-0.2, 0) is 23.6 Å². The van der Waals surface area contributed by atoms with Gasteiger partial charge in [-0.3, -0.25) is 4.79 Å². The minimum Gasteiger partial charge on any atom is -0.480 e. The highest BCUT2D eigenvalue weighted by Crippen LogP contribution is 2.32. The zero-order chi connectivity index (χ0) is 21.1. The maximum atomic E-state index is 13.0. The largest absolute Gasteiger partial charge is 0.480 e. The molecule has 0 saturated carbocycles. The van der Waals surface area contributed by atoms with Crippen LogP contribution in [0, 0.1) is 0 Å². The maximum Gasteiger partial charge on any atom is 0.417 e. The average Bonchev–Trinajstić information content (AvgIpc) is 2.59. The smallest absolute Gasteiger partial charge is 0.417 e. The molecule has 0 aliphatic heterocycles. The number of hydrogen-bond acceptors (Lipinski definition) is 2. The molecule has 2 N–H and O–H groups in total. The molecule has 0 fully saturated rings. The molecule has 0 aliphatic carbocycles. The predicted octanol–water partition coefficient (Wildman–Crippen LogP) is 4.15. The fourth-order valence-electron chi connectivity index (χ4n) is 2.47. The molecule has 0 bridgehead atoms. The van der Waals surface area contributed by atoms with Crippen LogP contribution in [0.5, 0.6) is 0 Å². The molecule has 0 heterocycles. The van der Waals surface area contributed by atoms with Gasteiger partial charge in [-0.05, 0) is 23.8 Å². The Labute approximate surface area is 154 Å². The zero-order valence-corrected chi connectivity index (χ0v) is 13.9. The zero-order valence-electron chi connectivity index (χ0n) is 13.9. The van der Waals surface area contributed by atoms with Crippen LogP contribution in [0.1, 0.15) is 27.0 Å². The Bertz CT molecular complexity index is 876. The molecular weight excluding hydrogens is 392 g/mol. The van der Waals surface area contributed by atoms with Crippen LogP contribution >= 0.6 is 0 Å². The second-order valence-corrected chi connectivity index (χ2v) is 5.81. The quantitative estimate of drug-likeness (QED) is 0.735. The number of nitrogens with one attached hydrogen (secondary N) is 1. The van der Waals surface area contributed by atoms with Gasteiger partial charge in [0.1, 0.15) is 6.04 Å². The van der Waals surface area contributed by atoms with Gasteiger partial charge >= 0.3 is 18.3 Å². The molecule has 2 aromatic rings. The van der Waals surface area contributed by atoms with Gasteiger partial charge in [0.15, 0.2) is 0 Å². The van der Waals surface area contributed by atoms with E-state index >= 15 is 0 Å². The lowest BCUT2D eigenvalue weighted by Gasteiger charge is -2.17. The van der Waals surface area contributed by atoms with E-state index in [2.05, 4.69) is 0 Å². The summed E-state index contributed by atoms with van der Waals surface area (Å²) < 4.78 is 77.3. The number of halogens is 6. The van der Waals surface area contributed by atoms with Gasteiger partial charge in [0, 0.05) is 6.42 Å². The fraction of sp³-hybridized carbons (Fsp3) is 0.222. The highest BCUT2D eigenvalue weighted by molar-refractivity contribution is 5.98. The van der Waals surface area contributed by atoms with Gasteiger partial charge < -0.3 is 10.4 Å². The van der Waals surface area contributed by atoms with E-state index in [0.29, 0.717) is 12.1 Å². The van der Waals surface area contributed by atoms with Crippen LogP contribution in [0.3, 0.4) is 0 Å². The first-order valence-electron chi connectivity index (χ1n) is 7.75. The number of carboxylic acids is 1. The van der Waals surface area contributed by atoms with E-state index in [0.717, 1.165) is 24.3 Å². The van der Waals surface area contributed by atoms with E-state index in [1.54, 1.807) is 0 Å². The van der Waals surface area contributed by atoms with Gasteiger partial charge in [-0.1, -0.05) is 30.3 Å². The van der Waals surface area contributed by atoms with E-state index < -0.39 is 53.4 Å². The monoisotopic (exact) mass is 405 g/mol. The third-order valence-corrected chi connectivity index (χ3v) is 3.77. The van der Waals surface area contributed by atoms with Crippen molar-refractivity contribution in [2.45, 2.75) is 24.8 Å². The Hall–Kier alpha value is -3.04. The summed E-state index contributed by atoms with van der Waals surface area (Å²) in [5.41, 5.74) is -3.10. The molecule has 0 radical (unpaired) electrons. The average molecular weight is 405 g/mol. The van der Waals surface area contributed by atoms with Crippen molar-refractivity contribution in [2.24, 2.45) is 0 Å². The third-order valence-electron chi connectivity index (χ3n) is 3.77. The summed E-state index contributed by atoms with van der Waals surface area (Å²) in [6.07, 6.45) is -10.0. The number of carboxylic acid groups (broad SMARTS) is 1. The molecule has 0 aliphatic rings. The molecule has 0 saturated heterocycles. The minimum atomic E-state index is -4.84. The van der Waals surface area contributed by atoms with E-state index in [1.807, 2.05) is 5.32 Å². The minimum absolute atomic E-state index is 0.0494. The number of benzene rings is 2. The van der Waals surface area contributed by atoms with Gasteiger partial charge in [0.2, 0.25) is 0 Å². The van der Waals surface area contributed by atoms with E-state index in [1.165, 1.54) is 12.1 Å². The molecule has 150 valence electrons. The first kappa shape index (κ1) is 21.3. The number of aliphatic carboxylic acids is 1. The molecule has 28 heavy (non-hydrogen) atoms. The van der Waals surface area contributed by atoms with Crippen LogP contribution in [0.15, 0.2) is 48.5 Å². The molecule has 0 unspecified atom stereocenters. The van der Waals surface area contributed by atoms with Gasteiger partial charge in [-0.25, -0.2) is 4.79 Å². The molecule has 0 spiro atoms. The number of hydrogen-bond donors (Lipinski definition) is 2. The number of amides is 1. The highest BCUT2D eigenvalue weighted by Gasteiger charge is 2.36. The number of carbonyl (C=O) groups excluding carboxylic acids is 1. The van der Waals surface area contributed by atoms with E-state index in [9.17, 15) is 41.0 Å². The van der Waals surface area contributed by atoms with E-state index in [4.69, 9.17) is 0 Å². The normalized spacial score (nSPS) is 13.1. The topological polar surface area (TPSA) is 66.4 Å². The molecule has 4 nitrogen and oxygen atoms in total. The van der Waals surface area contributed by atoms with Gasteiger partial charge in [-0.2, -0.15) is 26.3 Å². The predicted molar refractivity (Wildman–Crippen MR) is 85.5 cm³/mol. The Morgan fingerprint density at radius 2 is 1.57 bits per heavy atom. The Morgan fingerprint density at radius 1 is 0.929 bits per heavy atom. The second-order valence-electron chi connectivity index (χ2n) is 5.81. The summed E-state index contributed by atoms with van der Waals surface area (Å²) in [5.74, 6) is -2.90. The van der Waals surface area contributed by atoms with Crippen molar-refractivity contribution in [3.8, 4) is 0 Å². The first-order chi connectivity index (χ1) is 12.9. The Balaban J connectivity index is 2.26. The number of alkyl halides is 6. The van der Waals surface area contributed by atoms with Crippen molar-refractivity contribution in [1.29, 1.82) is 0 Å². The number of carbonyl (C=O) groups is 2.